The zero-order chi connectivity index (χ0) is 14.8. The number of fused-ring (bicyclic) bond motifs is 1. The summed E-state index contributed by atoms with van der Waals surface area (Å²) in [7, 11) is 0. The normalized spacial score (nSPS) is 16.2. The minimum atomic E-state index is 0.498. The third-order valence-corrected chi connectivity index (χ3v) is 5.02. The largest absolute Gasteiger partial charge is 0.0766 e. The Hall–Kier alpha value is -1.34. The molecule has 108 valence electrons. The van der Waals surface area contributed by atoms with Crippen molar-refractivity contribution in [1.82, 2.24) is 0 Å². The monoisotopic (exact) mass is 340 g/mol. The fourth-order valence-electron chi connectivity index (χ4n) is 3.07. The summed E-state index contributed by atoms with van der Waals surface area (Å²) in [5, 5.41) is 0. The molecule has 0 N–H and O–H groups in total. The molecular weight excluding hydrogens is 320 g/mol. The summed E-state index contributed by atoms with van der Waals surface area (Å²) >= 11 is 3.69. The van der Waals surface area contributed by atoms with Crippen molar-refractivity contribution >= 4 is 22.0 Å². The Morgan fingerprint density at radius 2 is 1.81 bits per heavy atom. The van der Waals surface area contributed by atoms with Gasteiger partial charge < -0.3 is 0 Å². The van der Waals surface area contributed by atoms with Gasteiger partial charge in [-0.25, -0.2) is 0 Å². The molecule has 1 heteroatoms. The van der Waals surface area contributed by atoms with Gasteiger partial charge in [0.2, 0.25) is 0 Å². The molecular formula is C20H21Br. The van der Waals surface area contributed by atoms with Crippen molar-refractivity contribution in [2.75, 3.05) is 0 Å². The van der Waals surface area contributed by atoms with E-state index in [1.54, 1.807) is 0 Å². The summed E-state index contributed by atoms with van der Waals surface area (Å²) in [6.45, 7) is 4.50. The van der Waals surface area contributed by atoms with E-state index in [9.17, 15) is 0 Å². The standard InChI is InChI=1S/C20H21Br/c1-3-4-5-15-7-9-16(10-8-15)17-12-13-19(21)20-14(2)6-11-18(17)20/h6-14H,3-5H2,1-2H3. The van der Waals surface area contributed by atoms with Gasteiger partial charge in [-0.15, -0.1) is 0 Å². The van der Waals surface area contributed by atoms with Crippen LogP contribution in [0.1, 0.15) is 49.3 Å². The van der Waals surface area contributed by atoms with Gasteiger partial charge in [-0.3, -0.25) is 0 Å². The number of unbranched alkanes of at least 4 members (excludes halogenated alkanes) is 1. The summed E-state index contributed by atoms with van der Waals surface area (Å²) < 4.78 is 1.22. The average Bonchev–Trinajstić information content (AvgIpc) is 2.89. The lowest BCUT2D eigenvalue weighted by Gasteiger charge is -2.13. The maximum absolute atomic E-state index is 3.69. The van der Waals surface area contributed by atoms with Crippen LogP contribution < -0.4 is 0 Å². The fraction of sp³-hybridized carbons (Fsp3) is 0.300. The summed E-state index contributed by atoms with van der Waals surface area (Å²) in [5.74, 6) is 0.498. The van der Waals surface area contributed by atoms with Gasteiger partial charge in [0, 0.05) is 10.4 Å². The number of hydrogen-bond acceptors (Lipinski definition) is 0. The third kappa shape index (κ3) is 2.85. The van der Waals surface area contributed by atoms with Gasteiger partial charge in [-0.05, 0) is 46.7 Å². The number of rotatable bonds is 4. The van der Waals surface area contributed by atoms with E-state index in [0.717, 1.165) is 0 Å². The molecule has 3 rings (SSSR count). The Morgan fingerprint density at radius 1 is 1.05 bits per heavy atom. The van der Waals surface area contributed by atoms with Crippen molar-refractivity contribution in [2.24, 2.45) is 0 Å². The Labute approximate surface area is 136 Å². The molecule has 0 aromatic heterocycles. The molecule has 0 aliphatic heterocycles. The first-order valence-electron chi connectivity index (χ1n) is 7.80. The summed E-state index contributed by atoms with van der Waals surface area (Å²) in [4.78, 5) is 0. The second-order valence-corrected chi connectivity index (χ2v) is 6.72. The molecule has 1 aliphatic rings. The summed E-state index contributed by atoms with van der Waals surface area (Å²) in [6, 6.07) is 13.5. The van der Waals surface area contributed by atoms with E-state index in [-0.39, 0.29) is 0 Å². The molecule has 21 heavy (non-hydrogen) atoms. The number of halogens is 1. The van der Waals surface area contributed by atoms with E-state index in [0.29, 0.717) is 5.92 Å². The van der Waals surface area contributed by atoms with E-state index in [1.165, 1.54) is 51.6 Å². The molecule has 0 heterocycles. The molecule has 0 fully saturated rings. The molecule has 0 amide bonds. The van der Waals surface area contributed by atoms with Crippen molar-refractivity contribution in [1.29, 1.82) is 0 Å². The lowest BCUT2D eigenvalue weighted by Crippen LogP contribution is -1.93. The average molecular weight is 341 g/mol. The second-order valence-electron chi connectivity index (χ2n) is 5.87. The first kappa shape index (κ1) is 14.6. The Kier molecular flexibility index (Phi) is 4.30. The van der Waals surface area contributed by atoms with Gasteiger partial charge in [0.05, 0.1) is 0 Å². The number of aryl methyl sites for hydroxylation is 1. The molecule has 0 saturated heterocycles. The van der Waals surface area contributed by atoms with E-state index in [4.69, 9.17) is 0 Å². The van der Waals surface area contributed by atoms with Gasteiger partial charge in [0.15, 0.2) is 0 Å². The van der Waals surface area contributed by atoms with Gasteiger partial charge in [0.25, 0.3) is 0 Å². The highest BCUT2D eigenvalue weighted by Gasteiger charge is 2.19. The van der Waals surface area contributed by atoms with Crippen molar-refractivity contribution in [3.8, 4) is 11.1 Å². The van der Waals surface area contributed by atoms with Crippen molar-refractivity contribution in [2.45, 2.75) is 39.0 Å². The van der Waals surface area contributed by atoms with Crippen LogP contribution in [0.25, 0.3) is 17.2 Å². The maximum atomic E-state index is 3.69. The molecule has 1 aliphatic carbocycles. The van der Waals surface area contributed by atoms with Crippen LogP contribution in [0.4, 0.5) is 0 Å². The van der Waals surface area contributed by atoms with E-state index < -0.39 is 0 Å². The van der Waals surface area contributed by atoms with Gasteiger partial charge in [-0.2, -0.15) is 0 Å². The number of benzene rings is 2. The first-order valence-corrected chi connectivity index (χ1v) is 8.60. The highest BCUT2D eigenvalue weighted by Crippen LogP contribution is 2.40. The SMILES string of the molecule is CCCCc1ccc(-c2ccc(Br)c3c2C=CC3C)cc1. The fourth-order valence-corrected chi connectivity index (χ4v) is 3.78. The van der Waals surface area contributed by atoms with Gasteiger partial charge in [-0.1, -0.05) is 78.7 Å². The highest BCUT2D eigenvalue weighted by atomic mass is 79.9. The molecule has 1 unspecified atom stereocenters. The lowest BCUT2D eigenvalue weighted by atomic mass is 9.93. The van der Waals surface area contributed by atoms with Crippen LogP contribution in [0, 0.1) is 0 Å². The van der Waals surface area contributed by atoms with Crippen LogP contribution >= 0.6 is 15.9 Å². The smallest absolute Gasteiger partial charge is 0.0219 e. The first-order chi connectivity index (χ1) is 10.2. The van der Waals surface area contributed by atoms with E-state index in [2.05, 4.69) is 78.3 Å². The van der Waals surface area contributed by atoms with Crippen molar-refractivity contribution in [3.05, 3.63) is 63.6 Å². The highest BCUT2D eigenvalue weighted by molar-refractivity contribution is 9.10. The molecule has 0 saturated carbocycles. The molecule has 2 aromatic rings. The van der Waals surface area contributed by atoms with Gasteiger partial charge in [0.1, 0.15) is 0 Å². The molecule has 0 radical (unpaired) electrons. The zero-order valence-electron chi connectivity index (χ0n) is 12.7. The van der Waals surface area contributed by atoms with Crippen molar-refractivity contribution < 1.29 is 0 Å². The molecule has 2 aromatic carbocycles. The Bertz CT molecular complexity index is 665. The van der Waals surface area contributed by atoms with E-state index >= 15 is 0 Å². The van der Waals surface area contributed by atoms with Crippen LogP contribution in [0.2, 0.25) is 0 Å². The molecule has 0 spiro atoms. The Balaban J connectivity index is 1.96. The topological polar surface area (TPSA) is 0 Å². The summed E-state index contributed by atoms with van der Waals surface area (Å²) in [6.07, 6.45) is 8.27. The third-order valence-electron chi connectivity index (χ3n) is 4.32. The Morgan fingerprint density at radius 3 is 2.52 bits per heavy atom. The molecule has 0 nitrogen and oxygen atoms in total. The summed E-state index contributed by atoms with van der Waals surface area (Å²) in [5.41, 5.74) is 6.90. The van der Waals surface area contributed by atoms with Crippen LogP contribution in [0.15, 0.2) is 46.9 Å². The zero-order valence-corrected chi connectivity index (χ0v) is 14.3. The van der Waals surface area contributed by atoms with Crippen LogP contribution in [0.3, 0.4) is 0 Å². The number of allylic oxidation sites excluding steroid dienone is 1. The maximum Gasteiger partial charge on any atom is 0.0219 e. The number of hydrogen-bond donors (Lipinski definition) is 0. The van der Waals surface area contributed by atoms with Crippen LogP contribution in [0.5, 0.6) is 0 Å². The minimum absolute atomic E-state index is 0.498. The lowest BCUT2D eigenvalue weighted by molar-refractivity contribution is 0.795. The van der Waals surface area contributed by atoms with Crippen LogP contribution in [-0.2, 0) is 6.42 Å². The quantitative estimate of drug-likeness (QED) is 0.588. The predicted octanol–water partition coefficient (Wildman–Crippen LogP) is 6.59. The molecule has 0 bridgehead atoms. The second kappa shape index (κ2) is 6.19. The van der Waals surface area contributed by atoms with E-state index in [1.807, 2.05) is 0 Å². The van der Waals surface area contributed by atoms with Crippen LogP contribution in [-0.4, -0.2) is 0 Å². The minimum Gasteiger partial charge on any atom is -0.0766 e. The molecule has 1 atom stereocenters. The predicted molar refractivity (Wildman–Crippen MR) is 95.6 cm³/mol. The van der Waals surface area contributed by atoms with Crippen molar-refractivity contribution in [3.63, 3.8) is 0 Å². The van der Waals surface area contributed by atoms with Gasteiger partial charge >= 0.3 is 0 Å².